The van der Waals surface area contributed by atoms with Gasteiger partial charge in [-0.05, 0) is 36.8 Å². The molecule has 0 saturated heterocycles. The van der Waals surface area contributed by atoms with Gasteiger partial charge in [0.25, 0.3) is 0 Å². The molecule has 1 atom stereocenters. The Morgan fingerprint density at radius 1 is 1.38 bits per heavy atom. The summed E-state index contributed by atoms with van der Waals surface area (Å²) >= 11 is 0. The third-order valence-corrected chi connectivity index (χ3v) is 3.69. The molecule has 0 spiro atoms. The fourth-order valence-electron chi connectivity index (χ4n) is 2.66. The Balaban J connectivity index is 2.04. The van der Waals surface area contributed by atoms with Gasteiger partial charge in [-0.15, -0.1) is 0 Å². The van der Waals surface area contributed by atoms with Gasteiger partial charge in [-0.1, -0.05) is 24.3 Å². The summed E-state index contributed by atoms with van der Waals surface area (Å²) in [6.07, 6.45) is 4.07. The van der Waals surface area contributed by atoms with E-state index in [0.29, 0.717) is 6.04 Å². The van der Waals surface area contributed by atoms with Gasteiger partial charge in [0.05, 0.1) is 0 Å². The second kappa shape index (κ2) is 3.32. The zero-order valence-electron chi connectivity index (χ0n) is 9.20. The second-order valence-corrected chi connectivity index (χ2v) is 4.85. The summed E-state index contributed by atoms with van der Waals surface area (Å²) in [4.78, 5) is 11.8. The highest BCUT2D eigenvalue weighted by molar-refractivity contribution is 5.87. The molecule has 0 aromatic heterocycles. The molecular formula is C13H16N2O. The van der Waals surface area contributed by atoms with E-state index in [0.717, 1.165) is 31.2 Å². The quantitative estimate of drug-likeness (QED) is 0.794. The summed E-state index contributed by atoms with van der Waals surface area (Å²) in [6, 6.07) is 8.61. The molecule has 3 nitrogen and oxygen atoms in total. The first kappa shape index (κ1) is 9.85. The molecule has 3 rings (SSSR count). The van der Waals surface area contributed by atoms with Crippen LogP contribution in [0.5, 0.6) is 0 Å². The van der Waals surface area contributed by atoms with Gasteiger partial charge in [0, 0.05) is 6.04 Å². The zero-order valence-corrected chi connectivity index (χ0v) is 9.20. The molecule has 0 bridgehead atoms. The minimum Gasteiger partial charge on any atom is -0.368 e. The molecule has 3 heteroatoms. The van der Waals surface area contributed by atoms with Gasteiger partial charge in [0.15, 0.2) is 0 Å². The largest absolute Gasteiger partial charge is 0.368 e. The summed E-state index contributed by atoms with van der Waals surface area (Å²) in [5.41, 5.74) is 7.37. The average Bonchev–Trinajstić information content (AvgIpc) is 3.00. The minimum absolute atomic E-state index is 0.232. The van der Waals surface area contributed by atoms with E-state index in [2.05, 4.69) is 11.4 Å². The molecular weight excluding hydrogens is 200 g/mol. The van der Waals surface area contributed by atoms with Gasteiger partial charge in [-0.2, -0.15) is 0 Å². The van der Waals surface area contributed by atoms with E-state index >= 15 is 0 Å². The number of primary amides is 1. The second-order valence-electron chi connectivity index (χ2n) is 4.85. The fourth-order valence-corrected chi connectivity index (χ4v) is 2.66. The molecule has 1 unspecified atom stereocenters. The highest BCUT2D eigenvalue weighted by Crippen LogP contribution is 2.39. The van der Waals surface area contributed by atoms with Crippen molar-refractivity contribution < 1.29 is 4.79 Å². The lowest BCUT2D eigenvalue weighted by atomic mass is 9.91. The zero-order chi connectivity index (χ0) is 11.2. The number of amides is 1. The van der Waals surface area contributed by atoms with Crippen LogP contribution in [0.3, 0.4) is 0 Å². The van der Waals surface area contributed by atoms with Crippen LogP contribution >= 0.6 is 0 Å². The summed E-state index contributed by atoms with van der Waals surface area (Å²) in [5.74, 6) is -0.232. The van der Waals surface area contributed by atoms with Crippen LogP contribution in [0.1, 0.15) is 30.4 Å². The molecule has 0 aliphatic heterocycles. The van der Waals surface area contributed by atoms with Crippen LogP contribution in [-0.2, 0) is 16.8 Å². The number of carbonyl (C=O) groups excluding carboxylic acids is 1. The molecule has 1 saturated carbocycles. The molecule has 2 aliphatic rings. The van der Waals surface area contributed by atoms with Crippen molar-refractivity contribution >= 4 is 5.91 Å². The third-order valence-electron chi connectivity index (χ3n) is 3.69. The number of rotatable bonds is 3. The van der Waals surface area contributed by atoms with Crippen LogP contribution in [0.2, 0.25) is 0 Å². The number of aryl methyl sites for hydroxylation is 1. The Bertz CT molecular complexity index is 439. The SMILES string of the molecule is NC(=O)C1(NC2CC2)CCc2ccccc21. The van der Waals surface area contributed by atoms with Crippen molar-refractivity contribution in [3.8, 4) is 0 Å². The van der Waals surface area contributed by atoms with Crippen LogP contribution in [0.15, 0.2) is 24.3 Å². The maximum Gasteiger partial charge on any atom is 0.242 e. The van der Waals surface area contributed by atoms with Gasteiger partial charge in [0.1, 0.15) is 5.54 Å². The van der Waals surface area contributed by atoms with E-state index in [-0.39, 0.29) is 5.91 Å². The fraction of sp³-hybridized carbons (Fsp3) is 0.462. The normalized spacial score (nSPS) is 27.8. The summed E-state index contributed by atoms with van der Waals surface area (Å²) in [5, 5.41) is 3.45. The number of benzene rings is 1. The van der Waals surface area contributed by atoms with Gasteiger partial charge >= 0.3 is 0 Å². The molecule has 16 heavy (non-hydrogen) atoms. The summed E-state index contributed by atoms with van der Waals surface area (Å²) in [6.45, 7) is 0. The smallest absolute Gasteiger partial charge is 0.242 e. The van der Waals surface area contributed by atoms with Crippen molar-refractivity contribution in [3.05, 3.63) is 35.4 Å². The highest BCUT2D eigenvalue weighted by Gasteiger charge is 2.46. The van der Waals surface area contributed by atoms with Gasteiger partial charge < -0.3 is 5.73 Å². The van der Waals surface area contributed by atoms with Crippen molar-refractivity contribution in [3.63, 3.8) is 0 Å². The van der Waals surface area contributed by atoms with Gasteiger partial charge in [0.2, 0.25) is 5.91 Å². The standard InChI is InChI=1S/C13H16N2O/c14-12(16)13(15-10-5-6-10)8-7-9-3-1-2-4-11(9)13/h1-4,10,15H,5-8H2,(H2,14,16). The van der Waals surface area contributed by atoms with Crippen molar-refractivity contribution in [2.45, 2.75) is 37.3 Å². The first-order chi connectivity index (χ1) is 7.72. The minimum atomic E-state index is -0.599. The Morgan fingerprint density at radius 2 is 2.12 bits per heavy atom. The molecule has 1 aromatic rings. The lowest BCUT2D eigenvalue weighted by Crippen LogP contribution is -2.52. The number of carbonyl (C=O) groups is 1. The van der Waals surface area contributed by atoms with Crippen molar-refractivity contribution in [2.24, 2.45) is 5.73 Å². The molecule has 1 fully saturated rings. The molecule has 2 aliphatic carbocycles. The van der Waals surface area contributed by atoms with E-state index in [1.165, 1.54) is 5.56 Å². The van der Waals surface area contributed by atoms with E-state index < -0.39 is 5.54 Å². The lowest BCUT2D eigenvalue weighted by Gasteiger charge is -2.28. The number of nitrogens with one attached hydrogen (secondary N) is 1. The van der Waals surface area contributed by atoms with Crippen LogP contribution in [-0.4, -0.2) is 11.9 Å². The predicted molar refractivity (Wildman–Crippen MR) is 61.8 cm³/mol. The lowest BCUT2D eigenvalue weighted by molar-refractivity contribution is -0.124. The average molecular weight is 216 g/mol. The molecule has 0 radical (unpaired) electrons. The maximum atomic E-state index is 11.8. The number of hydrogen-bond donors (Lipinski definition) is 2. The van der Waals surface area contributed by atoms with Crippen LogP contribution in [0.4, 0.5) is 0 Å². The Kier molecular flexibility index (Phi) is 2.04. The van der Waals surface area contributed by atoms with Crippen molar-refractivity contribution in [1.29, 1.82) is 0 Å². The van der Waals surface area contributed by atoms with E-state index in [4.69, 9.17) is 5.73 Å². The molecule has 1 amide bonds. The van der Waals surface area contributed by atoms with E-state index in [1.807, 2.05) is 18.2 Å². The van der Waals surface area contributed by atoms with Gasteiger partial charge in [-0.3, -0.25) is 10.1 Å². The first-order valence-corrected chi connectivity index (χ1v) is 5.88. The predicted octanol–water partition coefficient (Wildman–Crippen LogP) is 1.07. The Morgan fingerprint density at radius 3 is 2.81 bits per heavy atom. The van der Waals surface area contributed by atoms with Crippen molar-refractivity contribution in [2.75, 3.05) is 0 Å². The number of nitrogens with two attached hydrogens (primary N) is 1. The van der Waals surface area contributed by atoms with E-state index in [9.17, 15) is 4.79 Å². The molecule has 1 aromatic carbocycles. The summed E-state index contributed by atoms with van der Waals surface area (Å²) in [7, 11) is 0. The van der Waals surface area contributed by atoms with Crippen LogP contribution in [0.25, 0.3) is 0 Å². The van der Waals surface area contributed by atoms with Crippen molar-refractivity contribution in [1.82, 2.24) is 5.32 Å². The third kappa shape index (κ3) is 1.35. The maximum absolute atomic E-state index is 11.8. The molecule has 3 N–H and O–H groups in total. The summed E-state index contributed by atoms with van der Waals surface area (Å²) < 4.78 is 0. The van der Waals surface area contributed by atoms with E-state index in [1.54, 1.807) is 0 Å². The molecule has 0 heterocycles. The Hall–Kier alpha value is -1.35. The Labute approximate surface area is 95.0 Å². The monoisotopic (exact) mass is 216 g/mol. The number of fused-ring (bicyclic) bond motifs is 1. The highest BCUT2D eigenvalue weighted by atomic mass is 16.1. The topological polar surface area (TPSA) is 55.1 Å². The van der Waals surface area contributed by atoms with Crippen LogP contribution in [0, 0.1) is 0 Å². The van der Waals surface area contributed by atoms with Gasteiger partial charge in [-0.25, -0.2) is 0 Å². The number of hydrogen-bond acceptors (Lipinski definition) is 2. The first-order valence-electron chi connectivity index (χ1n) is 5.88. The molecule has 84 valence electrons. The van der Waals surface area contributed by atoms with Crippen LogP contribution < -0.4 is 11.1 Å².